The SMILES string of the molecule is CCCCCCC/C=C\C/C=C\C/C=C\CCCCCCCCCCCOCC(COP(=O)(O)OCCN)OC(=O)CCCCCCC. The molecule has 0 aliphatic carbocycles. The molecule has 0 rings (SSSR count). The lowest BCUT2D eigenvalue weighted by molar-refractivity contribution is -0.154. The Morgan fingerprint density at radius 2 is 1.10 bits per heavy atom. The third-order valence-corrected chi connectivity index (χ3v) is 9.04. The van der Waals surface area contributed by atoms with Gasteiger partial charge in [0.1, 0.15) is 6.10 Å². The highest BCUT2D eigenvalue weighted by Crippen LogP contribution is 2.43. The van der Waals surface area contributed by atoms with Gasteiger partial charge < -0.3 is 20.1 Å². The number of nitrogens with two attached hydrogens (primary N) is 1. The molecule has 0 heterocycles. The van der Waals surface area contributed by atoms with Crippen LogP contribution >= 0.6 is 7.82 Å². The molecule has 2 unspecified atom stereocenters. The smallest absolute Gasteiger partial charge is 0.457 e. The third kappa shape index (κ3) is 36.0. The first kappa shape index (κ1) is 46.7. The average molecular weight is 700 g/mol. The van der Waals surface area contributed by atoms with Crippen LogP contribution < -0.4 is 5.73 Å². The lowest BCUT2D eigenvalue weighted by atomic mass is 10.1. The van der Waals surface area contributed by atoms with Gasteiger partial charge in [0.05, 0.1) is 19.8 Å². The van der Waals surface area contributed by atoms with E-state index in [0.29, 0.717) is 13.0 Å². The van der Waals surface area contributed by atoms with Crippen LogP contribution in [0, 0.1) is 0 Å². The van der Waals surface area contributed by atoms with Gasteiger partial charge in [-0.2, -0.15) is 0 Å². The Morgan fingerprint density at radius 3 is 1.65 bits per heavy atom. The largest absolute Gasteiger partial charge is 0.472 e. The predicted molar refractivity (Wildman–Crippen MR) is 201 cm³/mol. The van der Waals surface area contributed by atoms with Gasteiger partial charge in [-0.05, 0) is 51.4 Å². The Balaban J connectivity index is 3.84. The van der Waals surface area contributed by atoms with Crippen LogP contribution in [0.1, 0.15) is 168 Å². The molecule has 3 N–H and O–H groups in total. The molecule has 0 spiro atoms. The van der Waals surface area contributed by atoms with Crippen LogP contribution in [0.15, 0.2) is 36.5 Å². The van der Waals surface area contributed by atoms with Gasteiger partial charge in [0, 0.05) is 19.6 Å². The zero-order valence-corrected chi connectivity index (χ0v) is 31.9. The summed E-state index contributed by atoms with van der Waals surface area (Å²) < 4.78 is 33.1. The first-order chi connectivity index (χ1) is 23.4. The molecular formula is C39H74NO7P. The fourth-order valence-electron chi connectivity index (χ4n) is 5.18. The van der Waals surface area contributed by atoms with Crippen LogP contribution in [0.2, 0.25) is 0 Å². The molecular weight excluding hydrogens is 625 g/mol. The van der Waals surface area contributed by atoms with Crippen molar-refractivity contribution in [3.63, 3.8) is 0 Å². The van der Waals surface area contributed by atoms with Crippen LogP contribution in [-0.2, 0) is 27.9 Å². The summed E-state index contributed by atoms with van der Waals surface area (Å²) in [6.07, 6.45) is 40.6. The number of hydrogen-bond acceptors (Lipinski definition) is 7. The van der Waals surface area contributed by atoms with Gasteiger partial charge in [0.25, 0.3) is 0 Å². The quantitative estimate of drug-likeness (QED) is 0.0285. The number of ether oxygens (including phenoxy) is 2. The van der Waals surface area contributed by atoms with Crippen molar-refractivity contribution in [2.24, 2.45) is 5.73 Å². The van der Waals surface area contributed by atoms with E-state index in [9.17, 15) is 14.3 Å². The molecule has 282 valence electrons. The van der Waals surface area contributed by atoms with Gasteiger partial charge in [-0.15, -0.1) is 0 Å². The van der Waals surface area contributed by atoms with E-state index in [1.807, 2.05) is 0 Å². The number of carbonyl (C=O) groups is 1. The summed E-state index contributed by atoms with van der Waals surface area (Å²) in [5, 5.41) is 0. The van der Waals surface area contributed by atoms with Gasteiger partial charge in [-0.25, -0.2) is 4.57 Å². The minimum atomic E-state index is -4.26. The number of esters is 1. The molecule has 48 heavy (non-hydrogen) atoms. The van der Waals surface area contributed by atoms with Crippen LogP contribution in [0.5, 0.6) is 0 Å². The molecule has 0 amide bonds. The maximum absolute atomic E-state index is 12.3. The highest BCUT2D eigenvalue weighted by atomic mass is 31.2. The molecule has 0 bridgehead atoms. The molecule has 8 nitrogen and oxygen atoms in total. The van der Waals surface area contributed by atoms with Crippen molar-refractivity contribution < 1.29 is 32.8 Å². The average Bonchev–Trinajstić information content (AvgIpc) is 3.07. The minimum absolute atomic E-state index is 0.0968. The second-order valence-electron chi connectivity index (χ2n) is 12.8. The number of phosphoric ester groups is 1. The molecule has 2 atom stereocenters. The Hall–Kier alpha value is -1.28. The van der Waals surface area contributed by atoms with Crippen molar-refractivity contribution in [1.82, 2.24) is 0 Å². The standard InChI is InChI=1S/C39H74NO7P/c1-3-5-7-9-10-11-12-13-14-15-16-17-18-19-20-21-22-23-24-25-26-27-29-31-34-44-36-38(37-46-48(42,43)45-35-33-40)47-39(41)32-30-28-8-6-4-2/h12-13,15-16,18-19,38H,3-11,14,17,20-37,40H2,1-2H3,(H,42,43)/b13-12-,16-15-,19-18-. The predicted octanol–water partition coefficient (Wildman–Crippen LogP) is 11.1. The van der Waals surface area contributed by atoms with Gasteiger partial charge >= 0.3 is 13.8 Å². The third-order valence-electron chi connectivity index (χ3n) is 8.06. The molecule has 0 fully saturated rings. The van der Waals surface area contributed by atoms with Crippen LogP contribution in [0.3, 0.4) is 0 Å². The number of rotatable bonds is 37. The van der Waals surface area contributed by atoms with E-state index >= 15 is 0 Å². The molecule has 9 heteroatoms. The van der Waals surface area contributed by atoms with Crippen LogP contribution in [-0.4, -0.2) is 49.9 Å². The summed E-state index contributed by atoms with van der Waals surface area (Å²) in [6.45, 7) is 4.80. The Morgan fingerprint density at radius 1 is 0.625 bits per heavy atom. The Labute approximate surface area is 295 Å². The Kier molecular flexibility index (Phi) is 36.0. The van der Waals surface area contributed by atoms with Crippen LogP contribution in [0.4, 0.5) is 0 Å². The van der Waals surface area contributed by atoms with E-state index in [0.717, 1.165) is 57.8 Å². The van der Waals surface area contributed by atoms with E-state index in [1.54, 1.807) is 0 Å². The first-order valence-electron chi connectivity index (χ1n) is 19.5. The zero-order valence-electron chi connectivity index (χ0n) is 31.0. The van der Waals surface area contributed by atoms with Crippen molar-refractivity contribution >= 4 is 13.8 Å². The monoisotopic (exact) mass is 700 g/mol. The summed E-state index contributed by atoms with van der Waals surface area (Å²) in [5.74, 6) is -0.346. The molecule has 0 saturated carbocycles. The first-order valence-corrected chi connectivity index (χ1v) is 21.0. The topological polar surface area (TPSA) is 117 Å². The summed E-state index contributed by atoms with van der Waals surface area (Å²) in [4.78, 5) is 22.1. The second kappa shape index (κ2) is 37.0. The van der Waals surface area contributed by atoms with Gasteiger partial charge in [-0.3, -0.25) is 13.8 Å². The van der Waals surface area contributed by atoms with Gasteiger partial charge in [-0.1, -0.05) is 147 Å². The maximum Gasteiger partial charge on any atom is 0.472 e. The normalized spacial score (nSPS) is 14.0. The molecule has 0 radical (unpaired) electrons. The number of unbranched alkanes of at least 4 members (excludes halogenated alkanes) is 18. The number of allylic oxidation sites excluding steroid dienone is 6. The molecule has 0 aliphatic rings. The number of carbonyl (C=O) groups excluding carboxylic acids is 1. The lowest BCUT2D eigenvalue weighted by Crippen LogP contribution is -2.28. The zero-order chi connectivity index (χ0) is 35.2. The highest BCUT2D eigenvalue weighted by Gasteiger charge is 2.25. The van der Waals surface area contributed by atoms with Gasteiger partial charge in [0.2, 0.25) is 0 Å². The van der Waals surface area contributed by atoms with Crippen molar-refractivity contribution in [2.75, 3.05) is 33.0 Å². The summed E-state index contributed by atoms with van der Waals surface area (Å²) in [5.41, 5.74) is 5.33. The number of phosphoric acid groups is 1. The van der Waals surface area contributed by atoms with E-state index in [2.05, 4.69) is 50.3 Å². The number of hydrogen-bond donors (Lipinski definition) is 2. The second-order valence-corrected chi connectivity index (χ2v) is 14.2. The lowest BCUT2D eigenvalue weighted by Gasteiger charge is -2.20. The summed E-state index contributed by atoms with van der Waals surface area (Å²) >= 11 is 0. The highest BCUT2D eigenvalue weighted by molar-refractivity contribution is 7.47. The van der Waals surface area contributed by atoms with Crippen molar-refractivity contribution in [1.29, 1.82) is 0 Å². The summed E-state index contributed by atoms with van der Waals surface area (Å²) in [6, 6.07) is 0. The molecule has 0 aliphatic heterocycles. The van der Waals surface area contributed by atoms with E-state index < -0.39 is 13.9 Å². The molecule has 0 aromatic rings. The van der Waals surface area contributed by atoms with Crippen LogP contribution in [0.25, 0.3) is 0 Å². The minimum Gasteiger partial charge on any atom is -0.457 e. The van der Waals surface area contributed by atoms with Crippen molar-refractivity contribution in [2.45, 2.75) is 174 Å². The van der Waals surface area contributed by atoms with Gasteiger partial charge in [0.15, 0.2) is 0 Å². The fourth-order valence-corrected chi connectivity index (χ4v) is 5.94. The van der Waals surface area contributed by atoms with Crippen molar-refractivity contribution in [3.8, 4) is 0 Å². The molecule has 0 aromatic carbocycles. The summed E-state index contributed by atoms with van der Waals surface area (Å²) in [7, 11) is -4.26. The molecule has 0 aromatic heterocycles. The fraction of sp³-hybridized carbons (Fsp3) is 0.821. The van der Waals surface area contributed by atoms with E-state index in [4.69, 9.17) is 24.3 Å². The van der Waals surface area contributed by atoms with Crippen molar-refractivity contribution in [3.05, 3.63) is 36.5 Å². The van der Waals surface area contributed by atoms with E-state index in [1.165, 1.54) is 89.9 Å². The maximum atomic E-state index is 12.3. The molecule has 0 saturated heterocycles. The Bertz CT molecular complexity index is 833. The van der Waals surface area contributed by atoms with E-state index in [-0.39, 0.29) is 32.3 Å².